The number of allylic oxidation sites excluding steroid dienone is 1. The first-order chi connectivity index (χ1) is 16.0. The van der Waals surface area contributed by atoms with Crippen LogP contribution in [0.5, 0.6) is 0 Å². The van der Waals surface area contributed by atoms with Gasteiger partial charge in [0, 0.05) is 40.7 Å². The van der Waals surface area contributed by atoms with Crippen molar-refractivity contribution in [2.45, 2.75) is 52.1 Å². The highest BCUT2D eigenvalue weighted by Gasteiger charge is 2.39. The summed E-state index contributed by atoms with van der Waals surface area (Å²) in [6, 6.07) is 5.56. The zero-order valence-corrected chi connectivity index (χ0v) is 19.0. The Morgan fingerprint density at radius 1 is 1.32 bits per heavy atom. The highest BCUT2D eigenvalue weighted by molar-refractivity contribution is 5.95. The van der Waals surface area contributed by atoms with Gasteiger partial charge in [-0.25, -0.2) is 9.78 Å². The quantitative estimate of drug-likeness (QED) is 0.325. The van der Waals surface area contributed by atoms with E-state index in [1.54, 1.807) is 6.07 Å². The minimum atomic E-state index is -4.71. The summed E-state index contributed by atoms with van der Waals surface area (Å²) in [5.74, 6) is -1.84. The third kappa shape index (κ3) is 4.97. The van der Waals surface area contributed by atoms with Crippen molar-refractivity contribution in [3.05, 3.63) is 68.0 Å². The van der Waals surface area contributed by atoms with E-state index in [1.165, 1.54) is 25.1 Å². The number of pyridine rings is 1. The number of nitro benzene ring substituents is 1. The number of ether oxygens (including phenoxy) is 1. The van der Waals surface area contributed by atoms with E-state index >= 15 is 0 Å². The number of nitrogens with two attached hydrogens (primary N) is 1. The molecule has 1 aliphatic rings. The maximum Gasteiger partial charge on any atom is 0.422 e. The van der Waals surface area contributed by atoms with E-state index in [0.717, 1.165) is 17.7 Å². The lowest BCUT2D eigenvalue weighted by atomic mass is 9.79. The first kappa shape index (κ1) is 25.0. The SMILES string of the molecule is CCCc1nc2c(c(N)c1CC)C(c1cccc([N+](=O)[O-])c1)C(C(=O)OCC(F)(F)F)=C(C)N2. The molecule has 1 atom stereocenters. The Hall–Kier alpha value is -3.63. The smallest absolute Gasteiger partial charge is 0.422 e. The number of benzene rings is 1. The van der Waals surface area contributed by atoms with Gasteiger partial charge in [0.05, 0.1) is 10.5 Å². The first-order valence-electron chi connectivity index (χ1n) is 10.8. The number of non-ortho nitro benzene ring substituents is 1. The molecule has 1 unspecified atom stereocenters. The Labute approximate surface area is 194 Å². The van der Waals surface area contributed by atoms with Gasteiger partial charge in [-0.3, -0.25) is 10.1 Å². The highest BCUT2D eigenvalue weighted by atomic mass is 19.4. The second-order valence-corrected chi connectivity index (χ2v) is 7.96. The van der Waals surface area contributed by atoms with Gasteiger partial charge in [-0.2, -0.15) is 13.2 Å². The van der Waals surface area contributed by atoms with E-state index in [4.69, 9.17) is 10.7 Å². The molecule has 3 rings (SSSR count). The molecule has 0 aliphatic carbocycles. The van der Waals surface area contributed by atoms with E-state index in [-0.39, 0.29) is 17.0 Å². The third-order valence-corrected chi connectivity index (χ3v) is 5.59. The summed E-state index contributed by atoms with van der Waals surface area (Å²) in [6.45, 7) is 3.65. The topological polar surface area (TPSA) is 120 Å². The van der Waals surface area contributed by atoms with E-state index in [9.17, 15) is 28.1 Å². The van der Waals surface area contributed by atoms with Gasteiger partial charge in [0.1, 0.15) is 5.82 Å². The van der Waals surface area contributed by atoms with Crippen LogP contribution in [0.3, 0.4) is 0 Å². The van der Waals surface area contributed by atoms with Crippen molar-refractivity contribution in [2.75, 3.05) is 17.7 Å². The van der Waals surface area contributed by atoms with Crippen molar-refractivity contribution >= 4 is 23.2 Å². The van der Waals surface area contributed by atoms with Crippen molar-refractivity contribution < 1.29 is 27.6 Å². The fourth-order valence-electron chi connectivity index (χ4n) is 4.19. The summed E-state index contributed by atoms with van der Waals surface area (Å²) in [7, 11) is 0. The van der Waals surface area contributed by atoms with Crippen LogP contribution in [0.25, 0.3) is 0 Å². The van der Waals surface area contributed by atoms with Crippen LogP contribution in [0.4, 0.5) is 30.4 Å². The Bertz CT molecular complexity index is 1160. The van der Waals surface area contributed by atoms with Crippen LogP contribution in [-0.2, 0) is 22.4 Å². The van der Waals surface area contributed by atoms with Crippen LogP contribution in [0.1, 0.15) is 55.5 Å². The minimum absolute atomic E-state index is 0.115. The van der Waals surface area contributed by atoms with Gasteiger partial charge < -0.3 is 15.8 Å². The van der Waals surface area contributed by atoms with Gasteiger partial charge in [0.2, 0.25) is 0 Å². The average molecular weight is 478 g/mol. The van der Waals surface area contributed by atoms with Crippen molar-refractivity contribution in [1.82, 2.24) is 4.98 Å². The van der Waals surface area contributed by atoms with Crippen molar-refractivity contribution in [3.8, 4) is 0 Å². The number of nitrogens with zero attached hydrogens (tertiary/aromatic N) is 2. The maximum atomic E-state index is 12.9. The lowest BCUT2D eigenvalue weighted by Crippen LogP contribution is -2.29. The van der Waals surface area contributed by atoms with Gasteiger partial charge in [0.15, 0.2) is 6.61 Å². The number of nitrogens with one attached hydrogen (secondary N) is 1. The van der Waals surface area contributed by atoms with Crippen LogP contribution in [0.2, 0.25) is 0 Å². The Balaban J connectivity index is 2.26. The molecule has 0 saturated heterocycles. The monoisotopic (exact) mass is 478 g/mol. The number of carbonyl (C=O) groups is 1. The van der Waals surface area contributed by atoms with Crippen LogP contribution in [0, 0.1) is 10.1 Å². The number of aromatic nitrogens is 1. The molecule has 3 N–H and O–H groups in total. The van der Waals surface area contributed by atoms with Gasteiger partial charge in [-0.15, -0.1) is 0 Å². The number of aryl methyl sites for hydroxylation is 1. The normalized spacial score (nSPS) is 15.5. The van der Waals surface area contributed by atoms with Crippen LogP contribution in [0.15, 0.2) is 35.5 Å². The number of esters is 1. The second kappa shape index (κ2) is 9.70. The van der Waals surface area contributed by atoms with Crippen molar-refractivity contribution in [2.24, 2.45) is 0 Å². The Kier molecular flexibility index (Phi) is 7.13. The molecule has 34 heavy (non-hydrogen) atoms. The average Bonchev–Trinajstić information content (AvgIpc) is 2.76. The number of fused-ring (bicyclic) bond motifs is 1. The van der Waals surface area contributed by atoms with Gasteiger partial charge in [-0.05, 0) is 30.9 Å². The van der Waals surface area contributed by atoms with Crippen LogP contribution >= 0.6 is 0 Å². The van der Waals surface area contributed by atoms with E-state index in [2.05, 4.69) is 10.1 Å². The number of alkyl halides is 3. The molecule has 0 bridgehead atoms. The standard InChI is InChI=1S/C23H25F3N4O4/c1-4-7-16-15(5-2)20(27)19-18(13-8-6-9-14(10-13)30(32)33)17(12(3)28-21(19)29-16)22(31)34-11-23(24,25)26/h6,8-10,18H,4-5,7,11H2,1-3H3,(H3,27,28,29). The van der Waals surface area contributed by atoms with Gasteiger partial charge >= 0.3 is 12.1 Å². The molecule has 0 spiro atoms. The van der Waals surface area contributed by atoms with Crippen molar-refractivity contribution in [1.29, 1.82) is 0 Å². The molecule has 1 aliphatic heterocycles. The molecule has 8 nitrogen and oxygen atoms in total. The molecule has 0 fully saturated rings. The molecule has 11 heteroatoms. The summed E-state index contributed by atoms with van der Waals surface area (Å²) in [5, 5.41) is 14.4. The van der Waals surface area contributed by atoms with Crippen LogP contribution < -0.4 is 11.1 Å². The predicted molar refractivity (Wildman–Crippen MR) is 120 cm³/mol. The summed E-state index contributed by atoms with van der Waals surface area (Å²) in [5.41, 5.74) is 9.01. The third-order valence-electron chi connectivity index (χ3n) is 5.59. The summed E-state index contributed by atoms with van der Waals surface area (Å²) in [4.78, 5) is 28.4. The first-order valence-corrected chi connectivity index (χ1v) is 10.8. The fraction of sp³-hybridized carbons (Fsp3) is 0.391. The van der Waals surface area contributed by atoms with Crippen LogP contribution in [-0.4, -0.2) is 28.7 Å². The largest absolute Gasteiger partial charge is 0.453 e. The summed E-state index contributed by atoms with van der Waals surface area (Å²) in [6.07, 6.45) is -2.70. The molecule has 0 saturated carbocycles. The van der Waals surface area contributed by atoms with E-state index < -0.39 is 29.6 Å². The number of hydrogen-bond acceptors (Lipinski definition) is 7. The molecular formula is C23H25F3N4O4. The lowest BCUT2D eigenvalue weighted by Gasteiger charge is -2.32. The van der Waals surface area contributed by atoms with Gasteiger partial charge in [-0.1, -0.05) is 32.4 Å². The van der Waals surface area contributed by atoms with E-state index in [1.807, 2.05) is 13.8 Å². The number of rotatable bonds is 7. The zero-order valence-electron chi connectivity index (χ0n) is 19.0. The molecule has 2 heterocycles. The highest BCUT2D eigenvalue weighted by Crippen LogP contribution is 2.46. The second-order valence-electron chi connectivity index (χ2n) is 7.96. The molecule has 182 valence electrons. The Morgan fingerprint density at radius 2 is 2.03 bits per heavy atom. The lowest BCUT2D eigenvalue weighted by molar-refractivity contribution is -0.384. The molecule has 1 aromatic carbocycles. The fourth-order valence-corrected chi connectivity index (χ4v) is 4.19. The Morgan fingerprint density at radius 3 is 2.62 bits per heavy atom. The molecule has 2 aromatic rings. The number of nitro groups is 1. The predicted octanol–water partition coefficient (Wildman–Crippen LogP) is 5.02. The molecular weight excluding hydrogens is 453 g/mol. The molecule has 0 radical (unpaired) electrons. The zero-order chi connectivity index (χ0) is 25.2. The summed E-state index contributed by atoms with van der Waals surface area (Å²) < 4.78 is 42.8. The minimum Gasteiger partial charge on any atom is -0.453 e. The summed E-state index contributed by atoms with van der Waals surface area (Å²) >= 11 is 0. The maximum absolute atomic E-state index is 12.9. The number of nitrogen functional groups attached to an aromatic ring is 1. The van der Waals surface area contributed by atoms with E-state index in [0.29, 0.717) is 35.5 Å². The number of anilines is 2. The van der Waals surface area contributed by atoms with Crippen molar-refractivity contribution in [3.63, 3.8) is 0 Å². The number of hydrogen-bond donors (Lipinski definition) is 2. The number of carbonyl (C=O) groups excluding carboxylic acids is 1. The molecule has 0 amide bonds. The van der Waals surface area contributed by atoms with Gasteiger partial charge in [0.25, 0.3) is 5.69 Å². The number of halogens is 3. The molecule has 1 aromatic heterocycles.